The van der Waals surface area contributed by atoms with Gasteiger partial charge in [-0.2, -0.15) is 0 Å². The maximum absolute atomic E-state index is 13.3. The minimum Gasteiger partial charge on any atom is -0.466 e. The molecule has 0 spiro atoms. The summed E-state index contributed by atoms with van der Waals surface area (Å²) in [6.45, 7) is 1.75. The number of hydrogen-bond donors (Lipinski definition) is 1. The van der Waals surface area contributed by atoms with Gasteiger partial charge >= 0.3 is 11.9 Å². The summed E-state index contributed by atoms with van der Waals surface area (Å²) in [7, 11) is 1.24. The highest BCUT2D eigenvalue weighted by Crippen LogP contribution is 2.37. The van der Waals surface area contributed by atoms with Crippen LogP contribution in [0.15, 0.2) is 59.4 Å². The Morgan fingerprint density at radius 1 is 1.15 bits per heavy atom. The molecule has 0 bridgehead atoms. The van der Waals surface area contributed by atoms with Gasteiger partial charge in [0.25, 0.3) is 5.56 Å². The van der Waals surface area contributed by atoms with E-state index in [0.29, 0.717) is 15.7 Å². The summed E-state index contributed by atoms with van der Waals surface area (Å²) >= 11 is 1.08. The van der Waals surface area contributed by atoms with Gasteiger partial charge in [-0.3, -0.25) is 19.3 Å². The van der Waals surface area contributed by atoms with Crippen LogP contribution < -0.4 is 20.5 Å². The summed E-state index contributed by atoms with van der Waals surface area (Å²) in [5.74, 6) is -2.44. The van der Waals surface area contributed by atoms with Crippen LogP contribution in [-0.2, 0) is 19.1 Å². The van der Waals surface area contributed by atoms with Crippen molar-refractivity contribution in [2.75, 3.05) is 13.7 Å². The smallest absolute Gasteiger partial charge is 0.338 e. The summed E-state index contributed by atoms with van der Waals surface area (Å²) in [5, 5.41) is 0. The van der Waals surface area contributed by atoms with Gasteiger partial charge in [-0.05, 0) is 36.3 Å². The Kier molecular flexibility index (Phi) is 6.18. The number of pyridine rings is 2. The second kappa shape index (κ2) is 9.21. The number of carbonyl (C=O) groups is 2. The Morgan fingerprint density at radius 2 is 1.88 bits per heavy atom. The summed E-state index contributed by atoms with van der Waals surface area (Å²) in [6, 6.07) is 6.94. The van der Waals surface area contributed by atoms with Crippen molar-refractivity contribution in [3.8, 4) is 0 Å². The molecule has 4 heterocycles. The number of methoxy groups -OCH3 is 1. The Bertz CT molecular complexity index is 1420. The van der Waals surface area contributed by atoms with Crippen molar-refractivity contribution in [1.29, 1.82) is 0 Å². The summed E-state index contributed by atoms with van der Waals surface area (Å²) in [6.07, 6.45) is 7.98. The molecule has 4 rings (SSSR count). The summed E-state index contributed by atoms with van der Waals surface area (Å²) in [5.41, 5.74) is 7.25. The van der Waals surface area contributed by atoms with Crippen LogP contribution in [-0.4, -0.2) is 40.2 Å². The normalized spacial score (nSPS) is 15.9. The average Bonchev–Trinajstić information content (AvgIpc) is 3.15. The number of rotatable bonds is 5. The number of nitrogens with two attached hydrogens (primary N) is 1. The third-order valence-electron chi connectivity index (χ3n) is 5.05. The zero-order valence-corrected chi connectivity index (χ0v) is 18.7. The van der Waals surface area contributed by atoms with Crippen molar-refractivity contribution in [2.45, 2.75) is 12.8 Å². The highest BCUT2D eigenvalue weighted by atomic mass is 32.1. The minimum absolute atomic E-state index is 0.0226. The molecule has 0 saturated carbocycles. The first-order valence-corrected chi connectivity index (χ1v) is 10.8. The van der Waals surface area contributed by atoms with Crippen LogP contribution in [0, 0.1) is 0 Å². The predicted molar refractivity (Wildman–Crippen MR) is 122 cm³/mol. The van der Waals surface area contributed by atoms with E-state index < -0.39 is 23.4 Å². The monoisotopic (exact) mass is 464 g/mol. The fraction of sp³-hybridized carbons (Fsp3) is 0.174. The lowest BCUT2D eigenvalue weighted by Crippen LogP contribution is -2.41. The van der Waals surface area contributed by atoms with Gasteiger partial charge < -0.3 is 15.2 Å². The first-order valence-electron chi connectivity index (χ1n) is 10.0. The lowest BCUT2D eigenvalue weighted by atomic mass is 9.84. The molecule has 10 heteroatoms. The topological polar surface area (TPSA) is 126 Å². The fourth-order valence-corrected chi connectivity index (χ4v) is 4.82. The molecule has 33 heavy (non-hydrogen) atoms. The quantitative estimate of drug-likeness (QED) is 0.536. The second-order valence-corrected chi connectivity index (χ2v) is 8.02. The molecule has 9 nitrogen and oxygen atoms in total. The minimum atomic E-state index is -0.922. The lowest BCUT2D eigenvalue weighted by molar-refractivity contribution is -0.138. The molecule has 0 fully saturated rings. The largest absolute Gasteiger partial charge is 0.466 e. The van der Waals surface area contributed by atoms with E-state index in [9.17, 15) is 14.4 Å². The van der Waals surface area contributed by atoms with Crippen molar-refractivity contribution < 1.29 is 19.1 Å². The Labute approximate surface area is 192 Å². The van der Waals surface area contributed by atoms with E-state index >= 15 is 0 Å². The van der Waals surface area contributed by atoms with Crippen molar-refractivity contribution in [1.82, 2.24) is 14.5 Å². The zero-order valence-electron chi connectivity index (χ0n) is 17.8. The van der Waals surface area contributed by atoms with Gasteiger partial charge in [0.05, 0.1) is 35.3 Å². The summed E-state index contributed by atoms with van der Waals surface area (Å²) in [4.78, 5) is 47.5. The molecule has 1 aliphatic heterocycles. The van der Waals surface area contributed by atoms with Crippen LogP contribution in [0.4, 0.5) is 0 Å². The number of ether oxygens (including phenoxy) is 2. The molecule has 0 radical (unpaired) electrons. The van der Waals surface area contributed by atoms with E-state index in [0.717, 1.165) is 15.9 Å². The van der Waals surface area contributed by atoms with E-state index in [4.69, 9.17) is 15.2 Å². The molecule has 1 atom stereocenters. The van der Waals surface area contributed by atoms with E-state index in [2.05, 4.69) is 9.97 Å². The van der Waals surface area contributed by atoms with E-state index in [-0.39, 0.29) is 28.2 Å². The number of hydrogen-bond acceptors (Lipinski definition) is 9. The van der Waals surface area contributed by atoms with Crippen LogP contribution in [0.25, 0.3) is 17.5 Å². The molecule has 0 aromatic carbocycles. The van der Waals surface area contributed by atoms with Crippen molar-refractivity contribution in [2.24, 2.45) is 5.73 Å². The zero-order chi connectivity index (χ0) is 23.5. The molecule has 1 aliphatic rings. The predicted octanol–water partition coefficient (Wildman–Crippen LogP) is 0.340. The first kappa shape index (κ1) is 22.2. The van der Waals surface area contributed by atoms with Crippen molar-refractivity contribution >= 4 is 40.7 Å². The molecule has 3 aromatic rings. The molecular formula is C23H20N4O5S. The van der Waals surface area contributed by atoms with Gasteiger partial charge in [-0.1, -0.05) is 12.1 Å². The molecule has 3 aromatic heterocycles. The standard InChI is InChI=1S/C23H20N4O5S/c1-3-32-23(30)17-16(14-7-5-9-26-12-14)18(22(29)31-2)21-27(19(17)24)20(28)15(33-21)10-13-6-4-8-25-11-13/h4-12,16H,3,24H2,1-2H3/b15-10-/t16-/m1/s1. The van der Waals surface area contributed by atoms with E-state index in [1.54, 1.807) is 55.9 Å². The first-order chi connectivity index (χ1) is 16.0. The molecule has 0 aliphatic carbocycles. The molecule has 168 valence electrons. The highest BCUT2D eigenvalue weighted by molar-refractivity contribution is 7.07. The Balaban J connectivity index is 2.12. The van der Waals surface area contributed by atoms with Crippen LogP contribution >= 0.6 is 11.3 Å². The SMILES string of the molecule is CCOC(=O)C1=C(N)n2c(s/c(=C\c3cccnc3)c2=O)=C(C(=O)OC)[C@@H]1c1cccnc1. The number of nitrogens with zero attached hydrogens (tertiary/aromatic N) is 3. The van der Waals surface area contributed by atoms with E-state index in [1.165, 1.54) is 13.3 Å². The van der Waals surface area contributed by atoms with Crippen LogP contribution in [0.2, 0.25) is 0 Å². The van der Waals surface area contributed by atoms with Crippen LogP contribution in [0.3, 0.4) is 0 Å². The highest BCUT2D eigenvalue weighted by Gasteiger charge is 2.39. The van der Waals surface area contributed by atoms with Crippen LogP contribution in [0.5, 0.6) is 0 Å². The summed E-state index contributed by atoms with van der Waals surface area (Å²) < 4.78 is 12.0. The molecule has 2 N–H and O–H groups in total. The Morgan fingerprint density at radius 3 is 2.48 bits per heavy atom. The van der Waals surface area contributed by atoms with Crippen molar-refractivity contribution in [3.05, 3.63) is 85.3 Å². The maximum Gasteiger partial charge on any atom is 0.338 e. The van der Waals surface area contributed by atoms with Gasteiger partial charge in [0.2, 0.25) is 0 Å². The van der Waals surface area contributed by atoms with Crippen molar-refractivity contribution in [3.63, 3.8) is 0 Å². The van der Waals surface area contributed by atoms with Gasteiger partial charge in [-0.25, -0.2) is 9.59 Å². The molecule has 0 unspecified atom stereocenters. The van der Waals surface area contributed by atoms with Gasteiger partial charge in [0.1, 0.15) is 10.5 Å². The Hall–Kier alpha value is -4.05. The average molecular weight is 465 g/mol. The molecular weight excluding hydrogens is 444 g/mol. The van der Waals surface area contributed by atoms with Crippen LogP contribution in [0.1, 0.15) is 24.0 Å². The number of esters is 2. The lowest BCUT2D eigenvalue weighted by Gasteiger charge is -2.26. The van der Waals surface area contributed by atoms with Gasteiger partial charge in [0, 0.05) is 24.8 Å². The van der Waals surface area contributed by atoms with Gasteiger partial charge in [-0.15, -0.1) is 11.3 Å². The third kappa shape index (κ3) is 3.96. The number of thiazole rings is 1. The fourth-order valence-electron chi connectivity index (χ4n) is 3.66. The van der Waals surface area contributed by atoms with E-state index in [1.807, 2.05) is 0 Å². The molecule has 0 saturated heterocycles. The van der Waals surface area contributed by atoms with Gasteiger partial charge in [0.15, 0.2) is 0 Å². The maximum atomic E-state index is 13.3. The number of carbonyl (C=O) groups excluding carboxylic acids is 2. The second-order valence-electron chi connectivity index (χ2n) is 6.99. The third-order valence-corrected chi connectivity index (χ3v) is 6.16. The number of aromatic nitrogens is 3. The number of fused-ring (bicyclic) bond motifs is 1. The molecule has 0 amide bonds.